The Hall–Kier alpha value is -2.18. The van der Waals surface area contributed by atoms with E-state index in [1.54, 1.807) is 4.90 Å². The first kappa shape index (κ1) is 18.2. The molecule has 132 valence electrons. The second-order valence-electron chi connectivity index (χ2n) is 6.24. The lowest BCUT2D eigenvalue weighted by atomic mass is 10.0. The second-order valence-corrected chi connectivity index (χ2v) is 6.24. The Morgan fingerprint density at radius 1 is 1.29 bits per heavy atom. The number of benzene rings is 1. The minimum atomic E-state index is -0.921. The summed E-state index contributed by atoms with van der Waals surface area (Å²) < 4.78 is 28.3. The van der Waals surface area contributed by atoms with Gasteiger partial charge in [-0.2, -0.15) is 0 Å². The molecule has 1 aromatic carbocycles. The monoisotopic (exact) mass is 339 g/mol. The van der Waals surface area contributed by atoms with Crippen molar-refractivity contribution in [1.82, 2.24) is 10.2 Å². The van der Waals surface area contributed by atoms with Gasteiger partial charge in [0.1, 0.15) is 11.6 Å². The highest BCUT2D eigenvalue weighted by Gasteiger charge is 2.29. The zero-order valence-electron chi connectivity index (χ0n) is 14.4. The number of urea groups is 1. The van der Waals surface area contributed by atoms with Crippen LogP contribution in [0.1, 0.15) is 38.1 Å². The molecule has 1 aliphatic rings. The molecule has 5 nitrogen and oxygen atoms in total. The van der Waals surface area contributed by atoms with Gasteiger partial charge in [0, 0.05) is 31.7 Å². The van der Waals surface area contributed by atoms with Crippen molar-refractivity contribution < 1.29 is 18.4 Å². The van der Waals surface area contributed by atoms with E-state index in [1.165, 1.54) is 4.90 Å². The summed E-state index contributed by atoms with van der Waals surface area (Å²) in [6.07, 6.45) is 0. The Labute approximate surface area is 140 Å². The van der Waals surface area contributed by atoms with Crippen LogP contribution in [0, 0.1) is 17.6 Å². The second kappa shape index (κ2) is 7.15. The molecule has 24 heavy (non-hydrogen) atoms. The van der Waals surface area contributed by atoms with E-state index in [9.17, 15) is 18.4 Å². The van der Waals surface area contributed by atoms with E-state index >= 15 is 0 Å². The first-order valence-electron chi connectivity index (χ1n) is 8.13. The third-order valence-corrected chi connectivity index (χ3v) is 4.47. The van der Waals surface area contributed by atoms with Crippen LogP contribution in [-0.2, 0) is 0 Å². The largest absolute Gasteiger partial charge is 0.336 e. The Bertz CT molecular complexity index is 649. The smallest absolute Gasteiger partial charge is 0.322 e. The van der Waals surface area contributed by atoms with E-state index < -0.39 is 23.6 Å². The molecule has 1 aromatic rings. The van der Waals surface area contributed by atoms with E-state index in [4.69, 9.17) is 0 Å². The molecular formula is C17H23F2N3O2. The van der Waals surface area contributed by atoms with Crippen LogP contribution < -0.4 is 10.2 Å². The quantitative estimate of drug-likeness (QED) is 0.897. The first-order valence-corrected chi connectivity index (χ1v) is 8.13. The van der Waals surface area contributed by atoms with Gasteiger partial charge in [0.15, 0.2) is 0 Å². The first-order chi connectivity index (χ1) is 11.3. The van der Waals surface area contributed by atoms with Crippen LogP contribution in [0.15, 0.2) is 12.1 Å². The minimum absolute atomic E-state index is 0.0806. The van der Waals surface area contributed by atoms with Crippen LogP contribution in [0.5, 0.6) is 0 Å². The molecule has 1 heterocycles. The van der Waals surface area contributed by atoms with E-state index in [-0.39, 0.29) is 29.8 Å². The number of anilines is 1. The lowest BCUT2D eigenvalue weighted by molar-refractivity contribution is 0.0655. The number of hydrogen-bond acceptors (Lipinski definition) is 2. The zero-order valence-corrected chi connectivity index (χ0v) is 14.4. The van der Waals surface area contributed by atoms with Crippen LogP contribution >= 0.6 is 0 Å². The molecule has 0 saturated carbocycles. The highest BCUT2D eigenvalue weighted by atomic mass is 19.1. The number of halogens is 2. The molecule has 3 amide bonds. The molecule has 0 radical (unpaired) electrons. The average Bonchev–Trinajstić information content (AvgIpc) is 2.93. The van der Waals surface area contributed by atoms with Crippen molar-refractivity contribution in [2.24, 2.45) is 5.92 Å². The summed E-state index contributed by atoms with van der Waals surface area (Å²) in [5.41, 5.74) is -0.302. The Morgan fingerprint density at radius 3 is 2.46 bits per heavy atom. The lowest BCUT2D eigenvalue weighted by Crippen LogP contribution is -2.41. The van der Waals surface area contributed by atoms with Gasteiger partial charge in [0.2, 0.25) is 0 Å². The van der Waals surface area contributed by atoms with Crippen LogP contribution in [-0.4, -0.2) is 42.5 Å². The van der Waals surface area contributed by atoms with Crippen molar-refractivity contribution in [3.63, 3.8) is 0 Å². The van der Waals surface area contributed by atoms with Gasteiger partial charge in [-0.1, -0.05) is 13.8 Å². The van der Waals surface area contributed by atoms with Gasteiger partial charge in [-0.15, -0.1) is 0 Å². The molecule has 1 aliphatic heterocycles. The molecule has 1 atom stereocenters. The van der Waals surface area contributed by atoms with Gasteiger partial charge in [0.25, 0.3) is 5.91 Å². The fourth-order valence-corrected chi connectivity index (χ4v) is 2.74. The summed E-state index contributed by atoms with van der Waals surface area (Å²) in [6, 6.07) is 1.25. The number of hydrogen-bond donors (Lipinski definition) is 1. The van der Waals surface area contributed by atoms with Crippen molar-refractivity contribution in [2.75, 3.05) is 24.5 Å². The standard InChI is InChI=1S/C17H23F2N3O2/c1-5-21(11(4)10(2)3)16(23)12-8-15(14(19)9-13(12)18)22-7-6-20-17(22)24/h8-11H,5-7H2,1-4H3,(H,20,24). The Morgan fingerprint density at radius 2 is 1.96 bits per heavy atom. The SMILES string of the molecule is CCN(C(=O)c1cc(N2CCNC2=O)c(F)cc1F)C(C)C(C)C. The average molecular weight is 339 g/mol. The summed E-state index contributed by atoms with van der Waals surface area (Å²) in [4.78, 5) is 27.2. The molecular weight excluding hydrogens is 316 g/mol. The highest BCUT2D eigenvalue weighted by Crippen LogP contribution is 2.26. The Kier molecular flexibility index (Phi) is 5.41. The zero-order chi connectivity index (χ0) is 18.0. The van der Waals surface area contributed by atoms with Gasteiger partial charge in [-0.05, 0) is 25.8 Å². The maximum atomic E-state index is 14.2. The maximum Gasteiger partial charge on any atom is 0.322 e. The third-order valence-electron chi connectivity index (χ3n) is 4.47. The van der Waals surface area contributed by atoms with Crippen molar-refractivity contribution in [3.8, 4) is 0 Å². The fourth-order valence-electron chi connectivity index (χ4n) is 2.74. The number of nitrogens with zero attached hydrogens (tertiary/aromatic N) is 2. The molecule has 1 unspecified atom stereocenters. The third kappa shape index (κ3) is 3.34. The van der Waals surface area contributed by atoms with Crippen LogP contribution in [0.3, 0.4) is 0 Å². The van der Waals surface area contributed by atoms with Crippen molar-refractivity contribution in [2.45, 2.75) is 33.7 Å². The molecule has 0 aliphatic carbocycles. The summed E-state index contributed by atoms with van der Waals surface area (Å²) in [5, 5.41) is 2.56. The molecule has 7 heteroatoms. The van der Waals surface area contributed by atoms with Crippen molar-refractivity contribution in [3.05, 3.63) is 29.3 Å². The number of amides is 3. The van der Waals surface area contributed by atoms with Gasteiger partial charge in [-0.3, -0.25) is 9.69 Å². The van der Waals surface area contributed by atoms with Crippen LogP contribution in [0.2, 0.25) is 0 Å². The summed E-state index contributed by atoms with van der Waals surface area (Å²) in [6.45, 7) is 8.71. The van der Waals surface area contributed by atoms with Crippen molar-refractivity contribution in [1.29, 1.82) is 0 Å². The van der Waals surface area contributed by atoms with Crippen LogP contribution in [0.25, 0.3) is 0 Å². The predicted molar refractivity (Wildman–Crippen MR) is 88.1 cm³/mol. The number of carbonyl (C=O) groups excluding carboxylic acids is 2. The molecule has 0 aromatic heterocycles. The topological polar surface area (TPSA) is 52.7 Å². The number of nitrogens with one attached hydrogen (secondary N) is 1. The Balaban J connectivity index is 2.42. The van der Waals surface area contributed by atoms with Crippen LogP contribution in [0.4, 0.5) is 19.3 Å². The molecule has 2 rings (SSSR count). The van der Waals surface area contributed by atoms with E-state index in [0.29, 0.717) is 19.2 Å². The summed E-state index contributed by atoms with van der Waals surface area (Å²) in [5.74, 6) is -2.09. The summed E-state index contributed by atoms with van der Waals surface area (Å²) in [7, 11) is 0. The highest BCUT2D eigenvalue weighted by molar-refractivity contribution is 5.99. The lowest BCUT2D eigenvalue weighted by Gasteiger charge is -2.31. The predicted octanol–water partition coefficient (Wildman–Crippen LogP) is 3.00. The minimum Gasteiger partial charge on any atom is -0.336 e. The van der Waals surface area contributed by atoms with E-state index in [0.717, 1.165) is 6.07 Å². The molecule has 0 bridgehead atoms. The van der Waals surface area contributed by atoms with Crippen molar-refractivity contribution >= 4 is 17.6 Å². The van der Waals surface area contributed by atoms with Gasteiger partial charge in [0.05, 0.1) is 11.3 Å². The number of rotatable bonds is 5. The molecule has 1 saturated heterocycles. The fraction of sp³-hybridized carbons (Fsp3) is 0.529. The van der Waals surface area contributed by atoms with E-state index in [1.807, 2.05) is 27.7 Å². The maximum absolute atomic E-state index is 14.2. The van der Waals surface area contributed by atoms with Gasteiger partial charge in [-0.25, -0.2) is 13.6 Å². The van der Waals surface area contributed by atoms with E-state index in [2.05, 4.69) is 5.32 Å². The summed E-state index contributed by atoms with van der Waals surface area (Å²) >= 11 is 0. The molecule has 1 N–H and O–H groups in total. The normalized spacial score (nSPS) is 15.6. The molecule has 1 fully saturated rings. The number of carbonyl (C=O) groups is 2. The van der Waals surface area contributed by atoms with Gasteiger partial charge >= 0.3 is 6.03 Å². The molecule has 0 spiro atoms. The van der Waals surface area contributed by atoms with Gasteiger partial charge < -0.3 is 10.2 Å².